The van der Waals surface area contributed by atoms with Gasteiger partial charge in [-0.3, -0.25) is 4.79 Å². The first kappa shape index (κ1) is 19.9. The van der Waals surface area contributed by atoms with Gasteiger partial charge in [0, 0.05) is 10.9 Å². The highest BCUT2D eigenvalue weighted by atomic mass is 32.1. The fraction of sp³-hybridized carbons (Fsp3) is 0.261. The summed E-state index contributed by atoms with van der Waals surface area (Å²) < 4.78 is 0. The highest BCUT2D eigenvalue weighted by Crippen LogP contribution is 2.30. The standard InChI is InChI=1S/C23H21N3O3S/c24-12-18(9-14-5-8-20(27)21(28)10-14)22(29)26-23-25-19(13-30-23)17-7-6-15-3-1-2-4-16(15)11-17/h5-8,10-11,13,18,27-28H,1-4,9H2,(H,25,26,29). The molecule has 6 nitrogen and oxygen atoms in total. The van der Waals surface area contributed by atoms with Crippen LogP contribution in [0.5, 0.6) is 11.5 Å². The number of nitriles is 1. The minimum absolute atomic E-state index is 0.124. The molecule has 0 radical (unpaired) electrons. The molecular formula is C23H21N3O3S. The molecule has 152 valence electrons. The zero-order valence-corrected chi connectivity index (χ0v) is 17.1. The van der Waals surface area contributed by atoms with E-state index in [1.807, 2.05) is 11.4 Å². The predicted octanol–water partition coefficient (Wildman–Crippen LogP) is 4.42. The van der Waals surface area contributed by atoms with Crippen LogP contribution in [0.2, 0.25) is 0 Å². The number of benzene rings is 2. The van der Waals surface area contributed by atoms with E-state index in [0.717, 1.165) is 24.1 Å². The van der Waals surface area contributed by atoms with Crippen LogP contribution in [-0.2, 0) is 24.1 Å². The summed E-state index contributed by atoms with van der Waals surface area (Å²) in [5.41, 5.74) is 5.20. The summed E-state index contributed by atoms with van der Waals surface area (Å²) in [6.45, 7) is 0. The van der Waals surface area contributed by atoms with Gasteiger partial charge in [0.25, 0.3) is 0 Å². The summed E-state index contributed by atoms with van der Waals surface area (Å²) in [6, 6.07) is 12.7. The van der Waals surface area contributed by atoms with Gasteiger partial charge >= 0.3 is 0 Å². The summed E-state index contributed by atoms with van der Waals surface area (Å²) in [5, 5.41) is 33.5. The van der Waals surface area contributed by atoms with Gasteiger partial charge in [-0.15, -0.1) is 11.3 Å². The molecule has 1 aromatic heterocycles. The van der Waals surface area contributed by atoms with Gasteiger partial charge in [-0.05, 0) is 67.0 Å². The number of aromatic hydroxyl groups is 2. The van der Waals surface area contributed by atoms with Crippen molar-refractivity contribution in [1.82, 2.24) is 4.98 Å². The zero-order valence-electron chi connectivity index (χ0n) is 16.3. The predicted molar refractivity (Wildman–Crippen MR) is 115 cm³/mol. The SMILES string of the molecule is N#CC(Cc1ccc(O)c(O)c1)C(=O)Nc1nc(-c2ccc3c(c2)CCCC3)cs1. The molecule has 0 aliphatic heterocycles. The van der Waals surface area contributed by atoms with Crippen molar-refractivity contribution in [3.63, 3.8) is 0 Å². The van der Waals surface area contributed by atoms with Crippen LogP contribution in [0.4, 0.5) is 5.13 Å². The monoisotopic (exact) mass is 419 g/mol. The molecule has 3 N–H and O–H groups in total. The number of aromatic nitrogens is 1. The lowest BCUT2D eigenvalue weighted by Gasteiger charge is -2.16. The Morgan fingerprint density at radius 2 is 1.93 bits per heavy atom. The zero-order chi connectivity index (χ0) is 21.1. The maximum Gasteiger partial charge on any atom is 0.243 e. The van der Waals surface area contributed by atoms with Crippen molar-refractivity contribution < 1.29 is 15.0 Å². The van der Waals surface area contributed by atoms with Crippen LogP contribution >= 0.6 is 11.3 Å². The van der Waals surface area contributed by atoms with E-state index in [4.69, 9.17) is 0 Å². The first-order valence-corrected chi connectivity index (χ1v) is 10.7. The Morgan fingerprint density at radius 3 is 2.70 bits per heavy atom. The van der Waals surface area contributed by atoms with Gasteiger partial charge < -0.3 is 15.5 Å². The molecule has 1 unspecified atom stereocenters. The number of phenolic OH excluding ortho intramolecular Hbond substituents is 2. The fourth-order valence-electron chi connectivity index (χ4n) is 3.68. The van der Waals surface area contributed by atoms with Crippen molar-refractivity contribution >= 4 is 22.4 Å². The Balaban J connectivity index is 1.45. The normalized spacial score (nSPS) is 13.8. The van der Waals surface area contributed by atoms with E-state index in [1.165, 1.54) is 47.4 Å². The lowest BCUT2D eigenvalue weighted by atomic mass is 9.90. The lowest BCUT2D eigenvalue weighted by Crippen LogP contribution is -2.23. The van der Waals surface area contributed by atoms with Gasteiger partial charge in [0.2, 0.25) is 5.91 Å². The molecule has 1 amide bonds. The van der Waals surface area contributed by atoms with Crippen LogP contribution in [0.3, 0.4) is 0 Å². The Hall–Kier alpha value is -3.37. The van der Waals surface area contributed by atoms with E-state index in [-0.39, 0.29) is 17.9 Å². The van der Waals surface area contributed by atoms with Crippen LogP contribution in [0.15, 0.2) is 41.8 Å². The van der Waals surface area contributed by atoms with E-state index in [1.54, 1.807) is 6.07 Å². The van der Waals surface area contributed by atoms with Crippen LogP contribution in [-0.4, -0.2) is 21.1 Å². The molecular weight excluding hydrogens is 398 g/mol. The number of fused-ring (bicyclic) bond motifs is 1. The molecule has 1 aliphatic rings. The van der Waals surface area contributed by atoms with Gasteiger partial charge in [-0.1, -0.05) is 18.2 Å². The molecule has 3 aromatic rings. The number of amides is 1. The van der Waals surface area contributed by atoms with E-state index >= 15 is 0 Å². The number of phenols is 2. The van der Waals surface area contributed by atoms with Crippen LogP contribution < -0.4 is 5.32 Å². The average Bonchev–Trinajstić information content (AvgIpc) is 3.22. The third kappa shape index (κ3) is 4.29. The van der Waals surface area contributed by atoms with Crippen molar-refractivity contribution in [2.75, 3.05) is 5.32 Å². The Bertz CT molecular complexity index is 1130. The number of hydrogen-bond donors (Lipinski definition) is 3. The minimum Gasteiger partial charge on any atom is -0.504 e. The van der Waals surface area contributed by atoms with E-state index < -0.39 is 11.8 Å². The molecule has 0 spiro atoms. The average molecular weight is 420 g/mol. The number of carbonyl (C=O) groups is 1. The van der Waals surface area contributed by atoms with Gasteiger partial charge in [0.15, 0.2) is 16.6 Å². The number of nitrogens with one attached hydrogen (secondary N) is 1. The minimum atomic E-state index is -0.940. The topological polar surface area (TPSA) is 106 Å². The third-order valence-electron chi connectivity index (χ3n) is 5.33. The maximum absolute atomic E-state index is 12.6. The number of hydrogen-bond acceptors (Lipinski definition) is 6. The van der Waals surface area contributed by atoms with Crippen LogP contribution in [0.1, 0.15) is 29.5 Å². The van der Waals surface area contributed by atoms with Crippen LogP contribution in [0.25, 0.3) is 11.3 Å². The van der Waals surface area contributed by atoms with Gasteiger partial charge in [-0.2, -0.15) is 5.26 Å². The number of anilines is 1. The molecule has 1 aliphatic carbocycles. The van der Waals surface area contributed by atoms with Crippen molar-refractivity contribution in [2.24, 2.45) is 5.92 Å². The maximum atomic E-state index is 12.6. The fourth-order valence-corrected chi connectivity index (χ4v) is 4.40. The molecule has 1 heterocycles. The third-order valence-corrected chi connectivity index (χ3v) is 6.09. The van der Waals surface area contributed by atoms with Crippen molar-refractivity contribution in [2.45, 2.75) is 32.1 Å². The number of rotatable bonds is 5. The molecule has 7 heteroatoms. The van der Waals surface area contributed by atoms with E-state index in [9.17, 15) is 20.3 Å². The molecule has 0 fully saturated rings. The summed E-state index contributed by atoms with van der Waals surface area (Å²) in [4.78, 5) is 17.1. The van der Waals surface area contributed by atoms with E-state index in [0.29, 0.717) is 10.7 Å². The molecule has 2 aromatic carbocycles. The number of aryl methyl sites for hydroxylation is 2. The molecule has 30 heavy (non-hydrogen) atoms. The summed E-state index contributed by atoms with van der Waals surface area (Å²) >= 11 is 1.32. The second-order valence-electron chi connectivity index (χ2n) is 7.43. The Kier molecular flexibility index (Phi) is 5.68. The van der Waals surface area contributed by atoms with Crippen molar-refractivity contribution in [3.05, 3.63) is 58.5 Å². The first-order valence-electron chi connectivity index (χ1n) is 9.82. The van der Waals surface area contributed by atoms with Gasteiger partial charge in [0.1, 0.15) is 5.92 Å². The molecule has 0 bridgehead atoms. The molecule has 4 rings (SSSR count). The highest BCUT2D eigenvalue weighted by molar-refractivity contribution is 7.14. The molecule has 1 atom stereocenters. The van der Waals surface area contributed by atoms with Crippen molar-refractivity contribution in [1.29, 1.82) is 5.26 Å². The van der Waals surface area contributed by atoms with Crippen molar-refractivity contribution in [3.8, 4) is 28.8 Å². The number of nitrogens with zero attached hydrogens (tertiary/aromatic N) is 2. The molecule has 0 saturated heterocycles. The second kappa shape index (κ2) is 8.56. The second-order valence-corrected chi connectivity index (χ2v) is 8.28. The van der Waals surface area contributed by atoms with Gasteiger partial charge in [0.05, 0.1) is 11.8 Å². The highest BCUT2D eigenvalue weighted by Gasteiger charge is 2.21. The van der Waals surface area contributed by atoms with Gasteiger partial charge in [-0.25, -0.2) is 4.98 Å². The number of thiazole rings is 1. The lowest BCUT2D eigenvalue weighted by molar-refractivity contribution is -0.118. The Morgan fingerprint density at radius 1 is 1.13 bits per heavy atom. The smallest absolute Gasteiger partial charge is 0.243 e. The first-order chi connectivity index (χ1) is 14.5. The van der Waals surface area contributed by atoms with Crippen LogP contribution in [0, 0.1) is 17.2 Å². The number of carbonyl (C=O) groups excluding carboxylic acids is 1. The largest absolute Gasteiger partial charge is 0.504 e. The summed E-state index contributed by atoms with van der Waals surface area (Å²) in [7, 11) is 0. The van der Waals surface area contributed by atoms with E-state index in [2.05, 4.69) is 28.5 Å². The quantitative estimate of drug-likeness (QED) is 0.531. The molecule has 0 saturated carbocycles. The summed E-state index contributed by atoms with van der Waals surface area (Å²) in [5.74, 6) is -1.91. The summed E-state index contributed by atoms with van der Waals surface area (Å²) in [6.07, 6.45) is 4.79. The Labute approximate surface area is 178 Å².